The van der Waals surface area contributed by atoms with E-state index >= 15 is 0 Å². The van der Waals surface area contributed by atoms with Crippen LogP contribution in [0.15, 0.2) is 66.7 Å². The van der Waals surface area contributed by atoms with Crippen molar-refractivity contribution in [3.05, 3.63) is 110 Å². The first-order chi connectivity index (χ1) is 16.8. The van der Waals surface area contributed by atoms with Gasteiger partial charge in [-0.3, -0.25) is 14.9 Å². The van der Waals surface area contributed by atoms with Crippen molar-refractivity contribution < 1.29 is 9.72 Å². The van der Waals surface area contributed by atoms with E-state index in [9.17, 15) is 14.9 Å². The molecule has 0 aliphatic carbocycles. The fourth-order valence-electron chi connectivity index (χ4n) is 3.33. The highest BCUT2D eigenvalue weighted by Gasteiger charge is 2.22. The summed E-state index contributed by atoms with van der Waals surface area (Å²) in [5.41, 5.74) is 4.02. The zero-order chi connectivity index (χ0) is 24.9. The number of rotatable bonds is 8. The molecule has 1 heterocycles. The van der Waals surface area contributed by atoms with E-state index in [0.717, 1.165) is 33.0 Å². The Balaban J connectivity index is 1.61. The maximum absolute atomic E-state index is 13.3. The third-order valence-electron chi connectivity index (χ3n) is 5.33. The van der Waals surface area contributed by atoms with Gasteiger partial charge in [0, 0.05) is 24.7 Å². The number of carbonyl (C=O) groups is 1. The third kappa shape index (κ3) is 5.82. The second-order valence-electron chi connectivity index (χ2n) is 8.08. The van der Waals surface area contributed by atoms with E-state index in [1.807, 2.05) is 62.4 Å². The highest BCUT2D eigenvalue weighted by molar-refractivity contribution is 6.32. The second-order valence-corrected chi connectivity index (χ2v) is 8.48. The van der Waals surface area contributed by atoms with E-state index in [0.29, 0.717) is 13.1 Å². The number of hydrogen-bond acceptors (Lipinski definition) is 7. The number of nitrogens with zero attached hydrogens (tertiary/aromatic N) is 4. The summed E-state index contributed by atoms with van der Waals surface area (Å²) in [6.07, 6.45) is 0. The van der Waals surface area contributed by atoms with Crippen LogP contribution in [0.25, 0.3) is 0 Å². The molecule has 10 heteroatoms. The molecule has 2 N–H and O–H groups in total. The number of nitro groups is 1. The minimum absolute atomic E-state index is 0.0525. The summed E-state index contributed by atoms with van der Waals surface area (Å²) in [6, 6.07) is 19.8. The van der Waals surface area contributed by atoms with Crippen LogP contribution >= 0.6 is 11.6 Å². The molecule has 35 heavy (non-hydrogen) atoms. The van der Waals surface area contributed by atoms with Gasteiger partial charge in [0.2, 0.25) is 11.9 Å². The van der Waals surface area contributed by atoms with Crippen LogP contribution in [0.5, 0.6) is 0 Å². The first kappa shape index (κ1) is 23.9. The van der Waals surface area contributed by atoms with Crippen LogP contribution in [-0.2, 0) is 13.1 Å². The Hall–Kier alpha value is -4.24. The van der Waals surface area contributed by atoms with E-state index in [-0.39, 0.29) is 28.2 Å². The minimum Gasteiger partial charge on any atom is -0.350 e. The van der Waals surface area contributed by atoms with Crippen molar-refractivity contribution in [2.75, 3.05) is 10.6 Å². The second kappa shape index (κ2) is 10.4. The van der Waals surface area contributed by atoms with Gasteiger partial charge in [0.25, 0.3) is 11.6 Å². The summed E-state index contributed by atoms with van der Waals surface area (Å²) in [7, 11) is 0. The molecular formula is C25H23ClN6O3. The van der Waals surface area contributed by atoms with Gasteiger partial charge in [-0.15, -0.1) is 5.10 Å². The molecule has 4 aromatic rings. The molecule has 0 spiro atoms. The standard InChI is InChI=1S/C25H23ClN6O3/c1-16-3-7-18(8-4-16)14-27-24-29-25(28-15-19-9-5-17(2)6-10-19)31(30-24)23(33)20-11-12-21(26)22(13-20)32(34)35/h3-13H,14-15H2,1-2H3,(H2,27,28,29,30). The zero-order valence-corrected chi connectivity index (χ0v) is 19.9. The van der Waals surface area contributed by atoms with Gasteiger partial charge < -0.3 is 10.6 Å². The predicted octanol–water partition coefficient (Wildman–Crippen LogP) is 5.37. The van der Waals surface area contributed by atoms with Crippen molar-refractivity contribution in [1.29, 1.82) is 0 Å². The van der Waals surface area contributed by atoms with Crippen LogP contribution in [-0.4, -0.2) is 25.6 Å². The van der Waals surface area contributed by atoms with Crippen molar-refractivity contribution >= 4 is 35.1 Å². The Morgan fingerprint density at radius 3 is 2.09 bits per heavy atom. The van der Waals surface area contributed by atoms with Crippen LogP contribution in [0.4, 0.5) is 17.6 Å². The van der Waals surface area contributed by atoms with Crippen LogP contribution in [0.1, 0.15) is 32.6 Å². The lowest BCUT2D eigenvalue weighted by Crippen LogP contribution is -2.18. The largest absolute Gasteiger partial charge is 0.350 e. The summed E-state index contributed by atoms with van der Waals surface area (Å²) < 4.78 is 1.10. The number of anilines is 2. The molecule has 0 fully saturated rings. The van der Waals surface area contributed by atoms with Crippen LogP contribution < -0.4 is 10.6 Å². The molecular weight excluding hydrogens is 468 g/mol. The molecule has 178 valence electrons. The van der Waals surface area contributed by atoms with E-state index in [1.54, 1.807) is 0 Å². The Morgan fingerprint density at radius 1 is 0.943 bits per heavy atom. The molecule has 0 saturated carbocycles. The molecule has 1 aromatic heterocycles. The van der Waals surface area contributed by atoms with Gasteiger partial charge in [-0.25, -0.2) is 0 Å². The van der Waals surface area contributed by atoms with Crippen LogP contribution in [0, 0.1) is 24.0 Å². The highest BCUT2D eigenvalue weighted by Crippen LogP contribution is 2.26. The number of halogens is 1. The minimum atomic E-state index is -0.633. The molecule has 0 atom stereocenters. The van der Waals surface area contributed by atoms with Crippen molar-refractivity contribution in [3.63, 3.8) is 0 Å². The first-order valence-electron chi connectivity index (χ1n) is 10.8. The topological polar surface area (TPSA) is 115 Å². The summed E-state index contributed by atoms with van der Waals surface area (Å²) in [5.74, 6) is -0.125. The first-order valence-corrected chi connectivity index (χ1v) is 11.2. The Bertz CT molecular complexity index is 1370. The number of carbonyl (C=O) groups excluding carboxylic acids is 1. The molecule has 0 aliphatic heterocycles. The summed E-state index contributed by atoms with van der Waals surface area (Å²) in [6.45, 7) is 4.88. The fourth-order valence-corrected chi connectivity index (χ4v) is 3.51. The average molecular weight is 491 g/mol. The summed E-state index contributed by atoms with van der Waals surface area (Å²) in [4.78, 5) is 28.4. The molecule has 0 unspecified atom stereocenters. The molecule has 0 saturated heterocycles. The Labute approximate surface area is 206 Å². The van der Waals surface area contributed by atoms with Crippen LogP contribution in [0.2, 0.25) is 5.02 Å². The van der Waals surface area contributed by atoms with Gasteiger partial charge >= 0.3 is 0 Å². The van der Waals surface area contributed by atoms with E-state index in [1.165, 1.54) is 12.1 Å². The molecule has 4 rings (SSSR count). The lowest BCUT2D eigenvalue weighted by atomic mass is 10.1. The van der Waals surface area contributed by atoms with Gasteiger partial charge in [-0.2, -0.15) is 9.67 Å². The molecule has 0 bridgehead atoms. The van der Waals surface area contributed by atoms with Crippen molar-refractivity contribution in [1.82, 2.24) is 14.8 Å². The number of nitrogens with one attached hydrogen (secondary N) is 2. The van der Waals surface area contributed by atoms with Gasteiger partial charge in [0.1, 0.15) is 5.02 Å². The summed E-state index contributed by atoms with van der Waals surface area (Å²) >= 11 is 5.91. The molecule has 0 radical (unpaired) electrons. The van der Waals surface area contributed by atoms with E-state index in [4.69, 9.17) is 11.6 Å². The maximum Gasteiger partial charge on any atom is 0.288 e. The van der Waals surface area contributed by atoms with Gasteiger partial charge in [-0.1, -0.05) is 71.3 Å². The lowest BCUT2D eigenvalue weighted by Gasteiger charge is -2.08. The predicted molar refractivity (Wildman–Crippen MR) is 135 cm³/mol. The number of benzene rings is 3. The number of aryl methyl sites for hydroxylation is 2. The molecule has 0 amide bonds. The van der Waals surface area contributed by atoms with Gasteiger partial charge in [0.15, 0.2) is 0 Å². The Kier molecular flexibility index (Phi) is 7.07. The molecule has 9 nitrogen and oxygen atoms in total. The van der Waals surface area contributed by atoms with Crippen LogP contribution in [0.3, 0.4) is 0 Å². The Morgan fingerprint density at radius 2 is 1.51 bits per heavy atom. The van der Waals surface area contributed by atoms with Crippen molar-refractivity contribution in [3.8, 4) is 0 Å². The smallest absolute Gasteiger partial charge is 0.288 e. The summed E-state index contributed by atoms with van der Waals surface area (Å²) in [5, 5.41) is 21.8. The lowest BCUT2D eigenvalue weighted by molar-refractivity contribution is -0.384. The maximum atomic E-state index is 13.3. The zero-order valence-electron chi connectivity index (χ0n) is 19.2. The van der Waals surface area contributed by atoms with Crippen molar-refractivity contribution in [2.45, 2.75) is 26.9 Å². The normalized spacial score (nSPS) is 10.7. The van der Waals surface area contributed by atoms with Gasteiger partial charge in [-0.05, 0) is 37.1 Å². The quantitative estimate of drug-likeness (QED) is 0.252. The monoisotopic (exact) mass is 490 g/mol. The number of nitro benzene ring substituents is 1. The van der Waals surface area contributed by atoms with E-state index < -0.39 is 10.8 Å². The van der Waals surface area contributed by atoms with E-state index in [2.05, 4.69) is 20.7 Å². The SMILES string of the molecule is Cc1ccc(CNc2nc(NCc3ccc(C)cc3)n(C(=O)c3ccc(Cl)c([N+](=O)[O-])c3)n2)cc1. The molecule has 3 aromatic carbocycles. The third-order valence-corrected chi connectivity index (χ3v) is 5.65. The highest BCUT2D eigenvalue weighted by atomic mass is 35.5. The number of hydrogen-bond donors (Lipinski definition) is 2. The van der Waals surface area contributed by atoms with Gasteiger partial charge in [0.05, 0.1) is 4.92 Å². The molecule has 0 aliphatic rings. The average Bonchev–Trinajstić information content (AvgIpc) is 3.26. The fraction of sp³-hybridized carbons (Fsp3) is 0.160. The van der Waals surface area contributed by atoms with Crippen molar-refractivity contribution in [2.24, 2.45) is 0 Å². The number of aromatic nitrogens is 3.